The van der Waals surface area contributed by atoms with Crippen LogP contribution in [0.4, 0.5) is 11.4 Å². The number of nitro benzene ring substituents is 1. The van der Waals surface area contributed by atoms with Crippen LogP contribution in [-0.2, 0) is 4.79 Å². The van der Waals surface area contributed by atoms with Crippen molar-refractivity contribution in [2.75, 3.05) is 18.4 Å². The van der Waals surface area contributed by atoms with Gasteiger partial charge in [-0.15, -0.1) is 0 Å². The van der Waals surface area contributed by atoms with Crippen LogP contribution in [0, 0.1) is 10.1 Å². The number of halogens is 1. The van der Waals surface area contributed by atoms with Gasteiger partial charge in [0.05, 0.1) is 4.92 Å². The Morgan fingerprint density at radius 1 is 1.38 bits per heavy atom. The van der Waals surface area contributed by atoms with Crippen LogP contribution >= 0.6 is 15.9 Å². The predicted octanol–water partition coefficient (Wildman–Crippen LogP) is 3.17. The summed E-state index contributed by atoms with van der Waals surface area (Å²) < 4.78 is 0.730. The lowest BCUT2D eigenvalue weighted by Crippen LogP contribution is -2.43. The number of nitrogens with one attached hydrogen (secondary N) is 1. The highest BCUT2D eigenvalue weighted by molar-refractivity contribution is 9.10. The Labute approximate surface area is 131 Å². The van der Waals surface area contributed by atoms with Gasteiger partial charge in [0.1, 0.15) is 11.7 Å². The molecule has 1 unspecified atom stereocenters. The van der Waals surface area contributed by atoms with E-state index in [9.17, 15) is 14.9 Å². The van der Waals surface area contributed by atoms with Gasteiger partial charge < -0.3 is 10.2 Å². The summed E-state index contributed by atoms with van der Waals surface area (Å²) in [6.45, 7) is 3.28. The standard InChI is InChI=1S/C14H18BrN3O3/c1-10(14(19)17-7-3-2-4-8-17)16-12-9-11(15)5-6-13(12)18(20)21/h5-6,9-10,16H,2-4,7-8H2,1H3. The molecule has 1 amide bonds. The van der Waals surface area contributed by atoms with Gasteiger partial charge in [-0.2, -0.15) is 0 Å². The molecular weight excluding hydrogens is 338 g/mol. The van der Waals surface area contributed by atoms with E-state index in [2.05, 4.69) is 21.2 Å². The Hall–Kier alpha value is -1.63. The second-order valence-corrected chi connectivity index (χ2v) is 6.09. The first-order valence-corrected chi connectivity index (χ1v) is 7.77. The number of nitro groups is 1. The average Bonchev–Trinajstić information content (AvgIpc) is 2.47. The van der Waals surface area contributed by atoms with Crippen molar-refractivity contribution >= 4 is 33.2 Å². The van der Waals surface area contributed by atoms with E-state index in [1.807, 2.05) is 4.90 Å². The summed E-state index contributed by atoms with van der Waals surface area (Å²) in [5.74, 6) is -0.0102. The third-order valence-electron chi connectivity index (χ3n) is 3.57. The summed E-state index contributed by atoms with van der Waals surface area (Å²) in [4.78, 5) is 24.8. The van der Waals surface area contributed by atoms with E-state index < -0.39 is 11.0 Å². The number of benzene rings is 1. The fourth-order valence-electron chi connectivity index (χ4n) is 2.47. The van der Waals surface area contributed by atoms with Gasteiger partial charge >= 0.3 is 0 Å². The fraction of sp³-hybridized carbons (Fsp3) is 0.500. The largest absolute Gasteiger partial charge is 0.368 e. The molecule has 0 spiro atoms. The number of rotatable bonds is 4. The molecule has 1 aromatic carbocycles. The molecule has 1 fully saturated rings. The van der Waals surface area contributed by atoms with Crippen molar-refractivity contribution in [3.8, 4) is 0 Å². The van der Waals surface area contributed by atoms with Gasteiger partial charge in [0.2, 0.25) is 5.91 Å². The highest BCUT2D eigenvalue weighted by Crippen LogP contribution is 2.28. The second-order valence-electron chi connectivity index (χ2n) is 5.17. The number of carbonyl (C=O) groups is 1. The lowest BCUT2D eigenvalue weighted by Gasteiger charge is -2.29. The molecule has 2 rings (SSSR count). The van der Waals surface area contributed by atoms with E-state index in [1.165, 1.54) is 6.07 Å². The van der Waals surface area contributed by atoms with Gasteiger partial charge in [0.15, 0.2) is 0 Å². The molecular formula is C14H18BrN3O3. The number of amides is 1. The van der Waals surface area contributed by atoms with Gasteiger partial charge in [-0.3, -0.25) is 14.9 Å². The zero-order valence-electron chi connectivity index (χ0n) is 11.8. The molecule has 1 heterocycles. The topological polar surface area (TPSA) is 75.5 Å². The fourth-order valence-corrected chi connectivity index (χ4v) is 2.83. The van der Waals surface area contributed by atoms with Gasteiger partial charge in [0, 0.05) is 23.6 Å². The van der Waals surface area contributed by atoms with Crippen LogP contribution in [0.5, 0.6) is 0 Å². The Morgan fingerprint density at radius 2 is 2.05 bits per heavy atom. The third-order valence-corrected chi connectivity index (χ3v) is 4.06. The number of piperidine rings is 1. The Bertz CT molecular complexity index is 544. The zero-order valence-corrected chi connectivity index (χ0v) is 13.4. The monoisotopic (exact) mass is 355 g/mol. The van der Waals surface area contributed by atoms with Crippen molar-refractivity contribution < 1.29 is 9.72 Å². The maximum Gasteiger partial charge on any atom is 0.292 e. The summed E-state index contributed by atoms with van der Waals surface area (Å²) in [6.07, 6.45) is 3.20. The van der Waals surface area contributed by atoms with Crippen LogP contribution in [0.15, 0.2) is 22.7 Å². The van der Waals surface area contributed by atoms with E-state index in [0.29, 0.717) is 5.69 Å². The minimum absolute atomic E-state index is 0.0102. The molecule has 7 heteroatoms. The number of likely N-dealkylation sites (tertiary alicyclic amines) is 1. The predicted molar refractivity (Wildman–Crippen MR) is 84.3 cm³/mol. The Balaban J connectivity index is 2.11. The average molecular weight is 356 g/mol. The van der Waals surface area contributed by atoms with Gasteiger partial charge in [0.25, 0.3) is 5.69 Å². The summed E-state index contributed by atoms with van der Waals surface area (Å²) >= 11 is 3.29. The Morgan fingerprint density at radius 3 is 2.67 bits per heavy atom. The van der Waals surface area contributed by atoms with Gasteiger partial charge in [-0.1, -0.05) is 15.9 Å². The minimum atomic E-state index is -0.490. The number of hydrogen-bond donors (Lipinski definition) is 1. The van der Waals surface area contributed by atoms with E-state index in [0.717, 1.165) is 36.8 Å². The zero-order chi connectivity index (χ0) is 15.4. The molecule has 1 atom stereocenters. The molecule has 0 aliphatic carbocycles. The molecule has 1 aliphatic rings. The van der Waals surface area contributed by atoms with Crippen molar-refractivity contribution in [3.63, 3.8) is 0 Å². The molecule has 0 bridgehead atoms. The molecule has 0 aromatic heterocycles. The van der Waals surface area contributed by atoms with Crippen LogP contribution in [0.2, 0.25) is 0 Å². The second kappa shape index (κ2) is 6.89. The molecule has 0 radical (unpaired) electrons. The summed E-state index contributed by atoms with van der Waals surface area (Å²) in [7, 11) is 0. The van der Waals surface area contributed by atoms with E-state index in [4.69, 9.17) is 0 Å². The smallest absolute Gasteiger partial charge is 0.292 e. The Kier molecular flexibility index (Phi) is 5.17. The first kappa shape index (κ1) is 15.8. The van der Waals surface area contributed by atoms with E-state index in [1.54, 1.807) is 19.1 Å². The highest BCUT2D eigenvalue weighted by Gasteiger charge is 2.24. The summed E-state index contributed by atoms with van der Waals surface area (Å²) in [5, 5.41) is 14.0. The molecule has 6 nitrogen and oxygen atoms in total. The highest BCUT2D eigenvalue weighted by atomic mass is 79.9. The van der Waals surface area contributed by atoms with Crippen molar-refractivity contribution in [2.45, 2.75) is 32.2 Å². The van der Waals surface area contributed by atoms with Crippen LogP contribution in [0.1, 0.15) is 26.2 Å². The lowest BCUT2D eigenvalue weighted by molar-refractivity contribution is -0.384. The number of anilines is 1. The molecule has 1 aromatic rings. The van der Waals surface area contributed by atoms with Crippen molar-refractivity contribution in [1.82, 2.24) is 4.90 Å². The van der Waals surface area contributed by atoms with Crippen LogP contribution in [0.3, 0.4) is 0 Å². The summed E-state index contributed by atoms with van der Waals surface area (Å²) in [5.41, 5.74) is 0.323. The third kappa shape index (κ3) is 3.93. The van der Waals surface area contributed by atoms with Crippen LogP contribution < -0.4 is 5.32 Å². The molecule has 1 N–H and O–H groups in total. The first-order chi connectivity index (χ1) is 9.99. The molecule has 0 saturated carbocycles. The van der Waals surface area contributed by atoms with Crippen molar-refractivity contribution in [2.24, 2.45) is 0 Å². The van der Waals surface area contributed by atoms with Crippen LogP contribution in [0.25, 0.3) is 0 Å². The molecule has 114 valence electrons. The maximum absolute atomic E-state index is 12.4. The minimum Gasteiger partial charge on any atom is -0.368 e. The maximum atomic E-state index is 12.4. The van der Waals surface area contributed by atoms with E-state index >= 15 is 0 Å². The van der Waals surface area contributed by atoms with Crippen LogP contribution in [-0.4, -0.2) is 34.9 Å². The number of carbonyl (C=O) groups excluding carboxylic acids is 1. The quantitative estimate of drug-likeness (QED) is 0.664. The molecule has 1 saturated heterocycles. The molecule has 1 aliphatic heterocycles. The van der Waals surface area contributed by atoms with E-state index in [-0.39, 0.29) is 11.6 Å². The first-order valence-electron chi connectivity index (χ1n) is 6.98. The van der Waals surface area contributed by atoms with Crippen molar-refractivity contribution in [1.29, 1.82) is 0 Å². The lowest BCUT2D eigenvalue weighted by atomic mass is 10.1. The van der Waals surface area contributed by atoms with Crippen molar-refractivity contribution in [3.05, 3.63) is 32.8 Å². The van der Waals surface area contributed by atoms with Gasteiger partial charge in [-0.05, 0) is 38.3 Å². The number of hydrogen-bond acceptors (Lipinski definition) is 4. The normalized spacial score (nSPS) is 16.4. The molecule has 21 heavy (non-hydrogen) atoms. The SMILES string of the molecule is CC(Nc1cc(Br)ccc1[N+](=O)[O-])C(=O)N1CCCCC1. The van der Waals surface area contributed by atoms with Gasteiger partial charge in [-0.25, -0.2) is 0 Å². The summed E-state index contributed by atoms with van der Waals surface area (Å²) in [6, 6.07) is 4.17. The number of nitrogens with zero attached hydrogens (tertiary/aromatic N) is 2.